The molecule has 0 fully saturated rings. The predicted molar refractivity (Wildman–Crippen MR) is 97.6 cm³/mol. The Kier molecular flexibility index (Phi) is 12.9. The average molecular weight is 412 g/mol. The van der Waals surface area contributed by atoms with Gasteiger partial charge >= 0.3 is 59.1 Å². The van der Waals surface area contributed by atoms with Crippen LogP contribution < -0.4 is 78.8 Å². The van der Waals surface area contributed by atoms with Gasteiger partial charge in [-0.3, -0.25) is 9.59 Å². The standard InChI is InChI=1S/C21H20O6.2Na/c1-26-20-11-14(5-9-18(20)24)3-7-16(22)13-17(23)8-4-15-6-10-19(25)21(12-15)27-2;;/h3-12,24-25H,13H2,1-2H3;;/q;2*+1/p-2. The maximum Gasteiger partial charge on any atom is 1.00 e. The van der Waals surface area contributed by atoms with Crippen molar-refractivity contribution in [3.8, 4) is 23.0 Å². The Morgan fingerprint density at radius 1 is 0.793 bits per heavy atom. The average Bonchev–Trinajstić information content (AvgIpc) is 2.66. The molecule has 0 bridgehead atoms. The number of carbonyl (C=O) groups excluding carboxylic acids is 2. The van der Waals surface area contributed by atoms with Gasteiger partial charge in [0.25, 0.3) is 0 Å². The Morgan fingerprint density at radius 2 is 1.17 bits per heavy atom. The van der Waals surface area contributed by atoms with Crippen LogP contribution in [0.3, 0.4) is 0 Å². The summed E-state index contributed by atoms with van der Waals surface area (Å²) in [6.45, 7) is 0. The fourth-order valence-corrected chi connectivity index (χ4v) is 2.24. The van der Waals surface area contributed by atoms with Gasteiger partial charge in [-0.15, -0.1) is 0 Å². The molecule has 2 aromatic rings. The van der Waals surface area contributed by atoms with Crippen LogP contribution in [-0.4, -0.2) is 25.8 Å². The Bertz CT molecular complexity index is 833. The predicted octanol–water partition coefficient (Wildman–Crippen LogP) is -3.89. The van der Waals surface area contributed by atoms with Gasteiger partial charge < -0.3 is 19.7 Å². The molecule has 2 aromatic carbocycles. The van der Waals surface area contributed by atoms with Crippen molar-refractivity contribution in [1.82, 2.24) is 0 Å². The second-order valence-corrected chi connectivity index (χ2v) is 5.60. The summed E-state index contributed by atoms with van der Waals surface area (Å²) in [7, 11) is 2.78. The minimum atomic E-state index is -0.373. The minimum absolute atomic E-state index is 0. The molecule has 0 saturated carbocycles. The van der Waals surface area contributed by atoms with Gasteiger partial charge in [0.05, 0.1) is 20.6 Å². The SMILES string of the molecule is COc1cc(C=CC(=O)CC(=O)C=Cc2ccc([O-])c(OC)c2)ccc1[O-].[Na+].[Na+]. The van der Waals surface area contributed by atoms with Gasteiger partial charge in [-0.2, -0.15) is 0 Å². The summed E-state index contributed by atoms with van der Waals surface area (Å²) in [5, 5.41) is 22.9. The van der Waals surface area contributed by atoms with E-state index in [0.29, 0.717) is 11.1 Å². The van der Waals surface area contributed by atoms with E-state index in [9.17, 15) is 19.8 Å². The van der Waals surface area contributed by atoms with E-state index < -0.39 is 0 Å². The molecule has 2 rings (SSSR count). The summed E-state index contributed by atoms with van der Waals surface area (Å²) in [6, 6.07) is 8.84. The monoisotopic (exact) mass is 412 g/mol. The van der Waals surface area contributed by atoms with Crippen molar-refractivity contribution in [2.45, 2.75) is 6.42 Å². The maximum atomic E-state index is 11.9. The molecule has 0 unspecified atom stereocenters. The smallest absolute Gasteiger partial charge is 0.870 e. The molecule has 8 heteroatoms. The molecule has 29 heavy (non-hydrogen) atoms. The molecule has 0 saturated heterocycles. The van der Waals surface area contributed by atoms with Crippen LogP contribution in [0.1, 0.15) is 17.5 Å². The van der Waals surface area contributed by atoms with Crippen molar-refractivity contribution in [2.75, 3.05) is 14.2 Å². The quantitative estimate of drug-likeness (QED) is 0.250. The molecule has 0 N–H and O–H groups in total. The summed E-state index contributed by atoms with van der Waals surface area (Å²) in [4.78, 5) is 23.8. The van der Waals surface area contributed by atoms with Crippen LogP contribution in [0.4, 0.5) is 0 Å². The van der Waals surface area contributed by atoms with E-state index in [-0.39, 0.29) is 100 Å². The van der Waals surface area contributed by atoms with Crippen LogP contribution in [0.5, 0.6) is 23.0 Å². The van der Waals surface area contributed by atoms with Crippen LogP contribution in [0.15, 0.2) is 48.6 Å². The fraction of sp³-hybridized carbons (Fsp3) is 0.143. The second-order valence-electron chi connectivity index (χ2n) is 5.60. The van der Waals surface area contributed by atoms with Gasteiger partial charge in [0.2, 0.25) is 0 Å². The van der Waals surface area contributed by atoms with Gasteiger partial charge in [0.1, 0.15) is 11.5 Å². The maximum absolute atomic E-state index is 11.9. The Hall–Kier alpha value is -1.54. The van der Waals surface area contributed by atoms with Crippen molar-refractivity contribution in [2.24, 2.45) is 0 Å². The topological polar surface area (TPSA) is 98.7 Å². The molecule has 0 amide bonds. The largest absolute Gasteiger partial charge is 1.00 e. The van der Waals surface area contributed by atoms with Gasteiger partial charge in [-0.1, -0.05) is 47.9 Å². The second kappa shape index (κ2) is 13.6. The number of rotatable bonds is 8. The van der Waals surface area contributed by atoms with Crippen molar-refractivity contribution < 1.29 is 88.4 Å². The third-order valence-electron chi connectivity index (χ3n) is 3.65. The molecule has 0 radical (unpaired) electrons. The number of ketones is 2. The van der Waals surface area contributed by atoms with Crippen LogP contribution in [-0.2, 0) is 9.59 Å². The van der Waals surface area contributed by atoms with Crippen molar-refractivity contribution >= 4 is 23.7 Å². The van der Waals surface area contributed by atoms with Gasteiger partial charge in [0.15, 0.2) is 11.6 Å². The van der Waals surface area contributed by atoms with E-state index in [0.717, 1.165) is 0 Å². The van der Waals surface area contributed by atoms with E-state index in [4.69, 9.17) is 9.47 Å². The van der Waals surface area contributed by atoms with Crippen LogP contribution in [0.25, 0.3) is 12.2 Å². The summed E-state index contributed by atoms with van der Waals surface area (Å²) in [5.74, 6) is -0.873. The van der Waals surface area contributed by atoms with Crippen LogP contribution in [0, 0.1) is 0 Å². The zero-order valence-corrected chi connectivity index (χ0v) is 20.9. The molecule has 0 atom stereocenters. The van der Waals surface area contributed by atoms with Crippen LogP contribution >= 0.6 is 0 Å². The number of hydrogen-bond donors (Lipinski definition) is 0. The van der Waals surface area contributed by atoms with Crippen molar-refractivity contribution in [1.29, 1.82) is 0 Å². The molecule has 0 spiro atoms. The number of methoxy groups -OCH3 is 2. The van der Waals surface area contributed by atoms with Gasteiger partial charge in [-0.25, -0.2) is 0 Å². The Morgan fingerprint density at radius 3 is 1.52 bits per heavy atom. The third kappa shape index (κ3) is 8.78. The molecule has 140 valence electrons. The number of benzene rings is 2. The zero-order valence-electron chi connectivity index (χ0n) is 16.9. The fourth-order valence-electron chi connectivity index (χ4n) is 2.24. The number of allylic oxidation sites excluding steroid dienone is 2. The third-order valence-corrected chi connectivity index (χ3v) is 3.65. The molecule has 0 aliphatic heterocycles. The summed E-state index contributed by atoms with van der Waals surface area (Å²) >= 11 is 0. The minimum Gasteiger partial charge on any atom is -0.870 e. The first-order valence-corrected chi connectivity index (χ1v) is 8.05. The first-order valence-electron chi connectivity index (χ1n) is 8.05. The number of carbonyl (C=O) groups is 2. The van der Waals surface area contributed by atoms with E-state index in [1.165, 1.54) is 62.8 Å². The van der Waals surface area contributed by atoms with Gasteiger partial charge in [-0.05, 0) is 35.4 Å². The molecule has 0 aliphatic carbocycles. The molecule has 0 aliphatic rings. The van der Waals surface area contributed by atoms with Crippen LogP contribution in [0.2, 0.25) is 0 Å². The zero-order chi connectivity index (χ0) is 19.8. The number of hydrogen-bond acceptors (Lipinski definition) is 6. The molecule has 0 heterocycles. The molecule has 0 aromatic heterocycles. The van der Waals surface area contributed by atoms with Gasteiger partial charge in [0, 0.05) is 0 Å². The van der Waals surface area contributed by atoms with Crippen molar-refractivity contribution in [3.05, 3.63) is 59.7 Å². The first-order chi connectivity index (χ1) is 12.9. The Labute approximate surface area is 213 Å². The summed E-state index contributed by atoms with van der Waals surface area (Å²) in [6.07, 6.45) is 5.29. The van der Waals surface area contributed by atoms with Crippen molar-refractivity contribution in [3.63, 3.8) is 0 Å². The summed E-state index contributed by atoms with van der Waals surface area (Å²) < 4.78 is 9.86. The van der Waals surface area contributed by atoms with E-state index in [2.05, 4.69) is 0 Å². The number of ether oxygens (including phenoxy) is 2. The molecule has 6 nitrogen and oxygen atoms in total. The van der Waals surface area contributed by atoms with E-state index in [1.807, 2.05) is 0 Å². The molecular formula is C21H18Na2O6. The molecular weight excluding hydrogens is 394 g/mol. The van der Waals surface area contributed by atoms with E-state index >= 15 is 0 Å². The summed E-state index contributed by atoms with van der Waals surface area (Å²) in [5.41, 5.74) is 1.24. The van der Waals surface area contributed by atoms with E-state index in [1.54, 1.807) is 12.1 Å². The Balaban J connectivity index is 0.00000392. The first kappa shape index (κ1) is 27.5. The normalized spacial score (nSPS) is 10.3.